The molecule has 9 nitrogen and oxygen atoms in total. The Hall–Kier alpha value is -3.67. The number of aliphatic hydroxyl groups is 1. The van der Waals surface area contributed by atoms with Gasteiger partial charge in [0.25, 0.3) is 12.0 Å². The SMILES string of the molecule is Cn1c(=O)c(C2(O)CCN(C(=O)OC(C)(C)C)C2)cc2c(NCc3cccc(C(F)F)c3F)ncnc21. The molecule has 1 amide bonds. The Balaban J connectivity index is 1.67. The van der Waals surface area contributed by atoms with Gasteiger partial charge in [0.2, 0.25) is 0 Å². The van der Waals surface area contributed by atoms with Crippen LogP contribution in [-0.4, -0.2) is 49.3 Å². The molecule has 1 aliphatic heterocycles. The molecule has 0 bridgehead atoms. The minimum absolute atomic E-state index is 0.0111. The Morgan fingerprint density at radius 1 is 1.30 bits per heavy atom. The van der Waals surface area contributed by atoms with E-state index in [9.17, 15) is 27.9 Å². The number of hydrogen-bond acceptors (Lipinski definition) is 7. The van der Waals surface area contributed by atoms with E-state index in [0.29, 0.717) is 5.39 Å². The lowest BCUT2D eigenvalue weighted by Gasteiger charge is -2.26. The van der Waals surface area contributed by atoms with Crippen LogP contribution in [0, 0.1) is 5.82 Å². The number of nitrogens with one attached hydrogen (secondary N) is 1. The lowest BCUT2D eigenvalue weighted by molar-refractivity contribution is 0.0135. The van der Waals surface area contributed by atoms with Gasteiger partial charge in [0.15, 0.2) is 0 Å². The molecule has 0 radical (unpaired) electrons. The summed E-state index contributed by atoms with van der Waals surface area (Å²) < 4.78 is 47.3. The first-order valence-corrected chi connectivity index (χ1v) is 11.7. The average molecular weight is 520 g/mol. The molecule has 1 saturated heterocycles. The quantitative estimate of drug-likeness (QED) is 0.527. The molecule has 1 unspecified atom stereocenters. The summed E-state index contributed by atoms with van der Waals surface area (Å²) >= 11 is 0. The van der Waals surface area contributed by atoms with Gasteiger partial charge in [0.1, 0.15) is 34.8 Å². The number of amides is 1. The molecule has 0 spiro atoms. The maximum Gasteiger partial charge on any atom is 0.410 e. The molecule has 1 aliphatic rings. The van der Waals surface area contributed by atoms with E-state index in [1.54, 1.807) is 20.8 Å². The second-order valence-corrected chi connectivity index (χ2v) is 10.0. The monoisotopic (exact) mass is 519 g/mol. The molecule has 2 N–H and O–H groups in total. The number of ether oxygens (including phenoxy) is 1. The fourth-order valence-electron chi connectivity index (χ4n) is 4.32. The maximum absolute atomic E-state index is 14.5. The summed E-state index contributed by atoms with van der Waals surface area (Å²) in [6.45, 7) is 5.07. The number of likely N-dealkylation sites (tertiary alicyclic amines) is 1. The van der Waals surface area contributed by atoms with Crippen LogP contribution in [0.2, 0.25) is 0 Å². The van der Waals surface area contributed by atoms with Crippen molar-refractivity contribution in [1.29, 1.82) is 0 Å². The van der Waals surface area contributed by atoms with Gasteiger partial charge in [-0.3, -0.25) is 9.36 Å². The zero-order valence-electron chi connectivity index (χ0n) is 20.9. The molecule has 3 aromatic rings. The summed E-state index contributed by atoms with van der Waals surface area (Å²) in [6.07, 6.45) is -2.23. The van der Waals surface area contributed by atoms with Crippen LogP contribution in [0.4, 0.5) is 23.8 Å². The zero-order valence-corrected chi connectivity index (χ0v) is 20.9. The van der Waals surface area contributed by atoms with Crippen molar-refractivity contribution in [2.45, 2.75) is 51.4 Å². The van der Waals surface area contributed by atoms with Gasteiger partial charge in [-0.25, -0.2) is 27.9 Å². The molecule has 1 atom stereocenters. The Morgan fingerprint density at radius 3 is 2.70 bits per heavy atom. The van der Waals surface area contributed by atoms with Crippen LogP contribution in [0.3, 0.4) is 0 Å². The number of nitrogens with zero attached hydrogens (tertiary/aromatic N) is 4. The number of benzene rings is 1. The molecule has 12 heteroatoms. The standard InChI is InChI=1S/C25H28F3N5O4/c1-24(2,3)37-23(35)33-9-8-25(36,12-33)17-10-16-20(30-13-31-21(16)32(4)22(17)34)29-11-14-6-5-7-15(18(14)26)19(27)28/h5-7,10,13,19,36H,8-9,11-12H2,1-4H3,(H,29,30,31). The van der Waals surface area contributed by atoms with Gasteiger partial charge in [0.05, 0.1) is 23.1 Å². The van der Waals surface area contributed by atoms with Crippen molar-refractivity contribution in [2.75, 3.05) is 18.4 Å². The number of carbonyl (C=O) groups excluding carboxylic acids is 1. The first kappa shape index (κ1) is 26.4. The number of anilines is 1. The lowest BCUT2D eigenvalue weighted by Crippen LogP contribution is -2.41. The molecule has 0 aliphatic carbocycles. The van der Waals surface area contributed by atoms with E-state index in [-0.39, 0.29) is 48.6 Å². The third-order valence-corrected chi connectivity index (χ3v) is 6.20. The third-order valence-electron chi connectivity index (χ3n) is 6.20. The Bertz CT molecular complexity index is 1410. The van der Waals surface area contributed by atoms with E-state index in [4.69, 9.17) is 4.74 Å². The third kappa shape index (κ3) is 5.24. The van der Waals surface area contributed by atoms with Crippen LogP contribution in [0.15, 0.2) is 35.4 Å². The highest BCUT2D eigenvalue weighted by atomic mass is 19.3. The Morgan fingerprint density at radius 2 is 2.03 bits per heavy atom. The predicted octanol–water partition coefficient (Wildman–Crippen LogP) is 3.85. The second-order valence-electron chi connectivity index (χ2n) is 10.0. The van der Waals surface area contributed by atoms with E-state index in [0.717, 1.165) is 6.07 Å². The highest BCUT2D eigenvalue weighted by molar-refractivity contribution is 5.87. The van der Waals surface area contributed by atoms with Gasteiger partial charge in [0, 0.05) is 32.1 Å². The van der Waals surface area contributed by atoms with Crippen LogP contribution < -0.4 is 10.9 Å². The van der Waals surface area contributed by atoms with Crippen LogP contribution >= 0.6 is 0 Å². The van der Waals surface area contributed by atoms with Gasteiger partial charge >= 0.3 is 6.09 Å². The molecule has 1 aromatic carbocycles. The largest absolute Gasteiger partial charge is 0.444 e. The Kier molecular flexibility index (Phi) is 6.89. The first-order chi connectivity index (χ1) is 17.3. The minimum atomic E-state index is -2.95. The van der Waals surface area contributed by atoms with Crippen LogP contribution in [0.5, 0.6) is 0 Å². The highest BCUT2D eigenvalue weighted by Crippen LogP contribution is 2.33. The molecule has 198 valence electrons. The van der Waals surface area contributed by atoms with Gasteiger partial charge in [-0.1, -0.05) is 18.2 Å². The number of halogens is 3. The second kappa shape index (κ2) is 9.66. The number of fused-ring (bicyclic) bond motifs is 1. The van der Waals surface area contributed by atoms with E-state index in [1.807, 2.05) is 0 Å². The molecular formula is C25H28F3N5O4. The summed E-state index contributed by atoms with van der Waals surface area (Å²) in [4.78, 5) is 35.4. The number of aromatic nitrogens is 3. The van der Waals surface area contributed by atoms with Crippen LogP contribution in [0.25, 0.3) is 11.0 Å². The van der Waals surface area contributed by atoms with Crippen molar-refractivity contribution in [3.63, 3.8) is 0 Å². The number of β-amino-alcohol motifs (C(OH)–C–C–N with tert-alkyl or cyclic N) is 1. The van der Waals surface area contributed by atoms with Crippen molar-refractivity contribution in [1.82, 2.24) is 19.4 Å². The molecule has 0 saturated carbocycles. The molecule has 1 fully saturated rings. The van der Waals surface area contributed by atoms with Crippen LogP contribution in [0.1, 0.15) is 50.3 Å². The average Bonchev–Trinajstić information content (AvgIpc) is 3.22. The fraction of sp³-hybridized carbons (Fsp3) is 0.440. The molecular weight excluding hydrogens is 491 g/mol. The predicted molar refractivity (Wildman–Crippen MR) is 130 cm³/mol. The summed E-state index contributed by atoms with van der Waals surface area (Å²) in [5.41, 5.74) is -3.27. The zero-order chi connectivity index (χ0) is 27.1. The van der Waals surface area contributed by atoms with Crippen molar-refractivity contribution in [3.8, 4) is 0 Å². The van der Waals surface area contributed by atoms with Gasteiger partial charge in [-0.05, 0) is 26.8 Å². The van der Waals surface area contributed by atoms with Gasteiger partial charge in [-0.2, -0.15) is 0 Å². The molecule has 37 heavy (non-hydrogen) atoms. The number of pyridine rings is 1. The first-order valence-electron chi connectivity index (χ1n) is 11.7. The topological polar surface area (TPSA) is 110 Å². The van der Waals surface area contributed by atoms with E-state index < -0.39 is 40.7 Å². The summed E-state index contributed by atoms with van der Waals surface area (Å²) in [5, 5.41) is 14.7. The molecule has 2 aromatic heterocycles. The van der Waals surface area contributed by atoms with Gasteiger partial charge in [-0.15, -0.1) is 0 Å². The fourth-order valence-corrected chi connectivity index (χ4v) is 4.32. The molecule has 4 rings (SSSR count). The number of hydrogen-bond donors (Lipinski definition) is 2. The molecule has 3 heterocycles. The van der Waals surface area contributed by atoms with Crippen LogP contribution in [-0.2, 0) is 23.9 Å². The van der Waals surface area contributed by atoms with Crippen molar-refractivity contribution < 1.29 is 27.8 Å². The number of aryl methyl sites for hydroxylation is 1. The normalized spacial score (nSPS) is 18.0. The number of rotatable bonds is 5. The maximum atomic E-state index is 14.5. The van der Waals surface area contributed by atoms with Crippen molar-refractivity contribution in [2.24, 2.45) is 7.05 Å². The summed E-state index contributed by atoms with van der Waals surface area (Å²) in [6, 6.07) is 5.19. The number of alkyl halides is 2. The van der Waals surface area contributed by atoms with Crippen molar-refractivity contribution in [3.05, 3.63) is 63.5 Å². The summed E-state index contributed by atoms with van der Waals surface area (Å²) in [7, 11) is 1.49. The highest BCUT2D eigenvalue weighted by Gasteiger charge is 2.43. The number of carbonyl (C=O) groups is 1. The van der Waals surface area contributed by atoms with E-state index >= 15 is 0 Å². The van der Waals surface area contributed by atoms with Crippen molar-refractivity contribution >= 4 is 22.9 Å². The van der Waals surface area contributed by atoms with Gasteiger partial charge < -0.3 is 20.1 Å². The van der Waals surface area contributed by atoms with E-state index in [2.05, 4.69) is 15.3 Å². The lowest BCUT2D eigenvalue weighted by atomic mass is 9.93. The van der Waals surface area contributed by atoms with E-state index in [1.165, 1.54) is 41.0 Å². The summed E-state index contributed by atoms with van der Waals surface area (Å²) in [5.74, 6) is -0.798. The smallest absolute Gasteiger partial charge is 0.410 e. The Labute approximate surface area is 210 Å². The minimum Gasteiger partial charge on any atom is -0.444 e.